The van der Waals surface area contributed by atoms with Crippen LogP contribution in [0.5, 0.6) is 0 Å². The van der Waals surface area contributed by atoms with E-state index in [1.54, 1.807) is 11.3 Å². The summed E-state index contributed by atoms with van der Waals surface area (Å²) in [6, 6.07) is 21.0. The van der Waals surface area contributed by atoms with Gasteiger partial charge >= 0.3 is 0 Å². The van der Waals surface area contributed by atoms with E-state index in [-0.39, 0.29) is 0 Å². The minimum Gasteiger partial charge on any atom is -0.353 e. The molecular formula is C26H25ClN4S. The first-order valence-corrected chi connectivity index (χ1v) is 12.1. The molecule has 2 aromatic carbocycles. The number of fused-ring (bicyclic) bond motifs is 1. The van der Waals surface area contributed by atoms with Gasteiger partial charge in [0.1, 0.15) is 10.6 Å². The van der Waals surface area contributed by atoms with Crippen molar-refractivity contribution in [1.29, 1.82) is 0 Å². The lowest BCUT2D eigenvalue weighted by Gasteiger charge is -2.35. The van der Waals surface area contributed by atoms with Gasteiger partial charge in [0.25, 0.3) is 0 Å². The van der Waals surface area contributed by atoms with Gasteiger partial charge in [-0.25, -0.2) is 4.98 Å². The van der Waals surface area contributed by atoms with Crippen LogP contribution in [0.3, 0.4) is 0 Å². The summed E-state index contributed by atoms with van der Waals surface area (Å²) in [5, 5.41) is 1.45. The van der Waals surface area contributed by atoms with Gasteiger partial charge in [-0.2, -0.15) is 4.98 Å². The molecule has 0 bridgehead atoms. The SMILES string of the molecule is Cc1sc2nc(Cl)nc(N3CCN(C/C=C/c4ccccc4)CC3)c2c1-c1ccccc1. The Morgan fingerprint density at radius 1 is 0.938 bits per heavy atom. The van der Waals surface area contributed by atoms with Gasteiger partial charge in [-0.1, -0.05) is 72.8 Å². The minimum absolute atomic E-state index is 0.321. The quantitative estimate of drug-likeness (QED) is 0.334. The smallest absolute Gasteiger partial charge is 0.225 e. The second kappa shape index (κ2) is 9.41. The lowest BCUT2D eigenvalue weighted by molar-refractivity contribution is 0.284. The van der Waals surface area contributed by atoms with Crippen LogP contribution in [0.25, 0.3) is 27.4 Å². The normalized spacial score (nSPS) is 15.1. The molecule has 1 saturated heterocycles. The number of hydrogen-bond acceptors (Lipinski definition) is 5. The molecule has 0 unspecified atom stereocenters. The summed E-state index contributed by atoms with van der Waals surface area (Å²) >= 11 is 8.04. The Hall–Kier alpha value is -2.73. The van der Waals surface area contributed by atoms with Crippen LogP contribution in [0.4, 0.5) is 5.82 Å². The number of piperazine rings is 1. The van der Waals surface area contributed by atoms with Gasteiger partial charge in [-0.05, 0) is 29.7 Å². The van der Waals surface area contributed by atoms with Crippen molar-refractivity contribution in [2.24, 2.45) is 0 Å². The largest absolute Gasteiger partial charge is 0.353 e. The molecule has 1 fully saturated rings. The molecule has 2 aromatic heterocycles. The van der Waals surface area contributed by atoms with E-state index in [2.05, 4.69) is 82.4 Å². The van der Waals surface area contributed by atoms with E-state index in [0.29, 0.717) is 5.28 Å². The van der Waals surface area contributed by atoms with Crippen LogP contribution in [-0.2, 0) is 0 Å². The fourth-order valence-electron chi connectivity index (χ4n) is 4.29. The van der Waals surface area contributed by atoms with Crippen molar-refractivity contribution in [2.75, 3.05) is 37.6 Å². The van der Waals surface area contributed by atoms with Gasteiger partial charge in [0, 0.05) is 43.2 Å². The number of benzene rings is 2. The van der Waals surface area contributed by atoms with E-state index in [9.17, 15) is 0 Å². The molecule has 0 spiro atoms. The second-order valence-electron chi connectivity index (χ2n) is 8.00. The summed E-state index contributed by atoms with van der Waals surface area (Å²) in [5.41, 5.74) is 3.67. The number of nitrogens with zero attached hydrogens (tertiary/aromatic N) is 4. The number of aromatic nitrogens is 2. The van der Waals surface area contributed by atoms with Crippen LogP contribution >= 0.6 is 22.9 Å². The Balaban J connectivity index is 1.37. The summed E-state index contributed by atoms with van der Waals surface area (Å²) in [5.74, 6) is 0.961. The fourth-order valence-corrected chi connectivity index (χ4v) is 5.55. The fraction of sp³-hybridized carbons (Fsp3) is 0.231. The standard InChI is InChI=1S/C26H25ClN4S/c1-19-22(21-12-6-3-7-13-21)23-24(28-26(27)29-25(23)32-19)31-17-15-30(16-18-31)14-8-11-20-9-4-2-5-10-20/h2-13H,14-18H2,1H3/b11-8+. The molecule has 32 heavy (non-hydrogen) atoms. The monoisotopic (exact) mass is 460 g/mol. The first-order valence-electron chi connectivity index (χ1n) is 10.9. The van der Waals surface area contributed by atoms with E-state index in [0.717, 1.165) is 48.8 Å². The van der Waals surface area contributed by atoms with Gasteiger partial charge in [0.2, 0.25) is 5.28 Å². The zero-order valence-electron chi connectivity index (χ0n) is 18.0. The highest BCUT2D eigenvalue weighted by Gasteiger charge is 2.24. The molecule has 0 atom stereocenters. The van der Waals surface area contributed by atoms with Crippen molar-refractivity contribution in [1.82, 2.24) is 14.9 Å². The molecule has 3 heterocycles. The molecule has 0 amide bonds. The van der Waals surface area contributed by atoms with Crippen LogP contribution in [0.2, 0.25) is 5.28 Å². The van der Waals surface area contributed by atoms with E-state index >= 15 is 0 Å². The number of aryl methyl sites for hydroxylation is 1. The molecule has 162 valence electrons. The summed E-state index contributed by atoms with van der Waals surface area (Å²) in [6.45, 7) is 6.94. The number of anilines is 1. The Bertz CT molecular complexity index is 1230. The highest BCUT2D eigenvalue weighted by Crippen LogP contribution is 2.42. The van der Waals surface area contributed by atoms with Gasteiger partial charge in [-0.15, -0.1) is 11.3 Å². The molecular weight excluding hydrogens is 436 g/mol. The van der Waals surface area contributed by atoms with E-state index in [1.165, 1.54) is 21.6 Å². The highest BCUT2D eigenvalue weighted by atomic mass is 35.5. The Kier molecular flexibility index (Phi) is 6.21. The third kappa shape index (κ3) is 4.42. The van der Waals surface area contributed by atoms with Gasteiger partial charge in [0.15, 0.2) is 0 Å². The van der Waals surface area contributed by atoms with E-state index in [1.807, 2.05) is 12.1 Å². The topological polar surface area (TPSA) is 32.3 Å². The van der Waals surface area contributed by atoms with Gasteiger partial charge in [-0.3, -0.25) is 4.90 Å². The molecule has 0 radical (unpaired) electrons. The Morgan fingerprint density at radius 2 is 1.62 bits per heavy atom. The lowest BCUT2D eigenvalue weighted by atomic mass is 10.0. The Morgan fingerprint density at radius 3 is 2.34 bits per heavy atom. The predicted octanol–water partition coefficient (Wildman–Crippen LogP) is 6.16. The molecule has 0 aliphatic carbocycles. The molecule has 5 rings (SSSR count). The van der Waals surface area contributed by atoms with Crippen LogP contribution in [0.15, 0.2) is 66.7 Å². The summed E-state index contributed by atoms with van der Waals surface area (Å²) in [6.07, 6.45) is 4.45. The molecule has 0 N–H and O–H groups in total. The van der Waals surface area contributed by atoms with Gasteiger partial charge < -0.3 is 4.90 Å². The van der Waals surface area contributed by atoms with Crippen LogP contribution in [-0.4, -0.2) is 47.6 Å². The molecule has 4 aromatic rings. The van der Waals surface area contributed by atoms with Crippen molar-refractivity contribution in [3.8, 4) is 11.1 Å². The number of halogens is 1. The zero-order chi connectivity index (χ0) is 21.9. The molecule has 6 heteroatoms. The number of hydrogen-bond donors (Lipinski definition) is 0. The van der Waals surface area contributed by atoms with Crippen LogP contribution in [0.1, 0.15) is 10.4 Å². The minimum atomic E-state index is 0.321. The first-order chi connectivity index (χ1) is 15.7. The third-order valence-electron chi connectivity index (χ3n) is 5.89. The highest BCUT2D eigenvalue weighted by molar-refractivity contribution is 7.19. The molecule has 1 aliphatic heterocycles. The maximum absolute atomic E-state index is 6.34. The van der Waals surface area contributed by atoms with Crippen LogP contribution < -0.4 is 4.90 Å². The maximum atomic E-state index is 6.34. The van der Waals surface area contributed by atoms with E-state index in [4.69, 9.17) is 16.6 Å². The average molecular weight is 461 g/mol. The molecule has 1 aliphatic rings. The molecule has 0 saturated carbocycles. The second-order valence-corrected chi connectivity index (χ2v) is 9.54. The zero-order valence-corrected chi connectivity index (χ0v) is 19.6. The lowest BCUT2D eigenvalue weighted by Crippen LogP contribution is -2.46. The number of thiophene rings is 1. The molecule has 4 nitrogen and oxygen atoms in total. The van der Waals surface area contributed by atoms with Gasteiger partial charge in [0.05, 0.1) is 5.39 Å². The summed E-state index contributed by atoms with van der Waals surface area (Å²) in [7, 11) is 0. The Labute approximate surface area is 197 Å². The average Bonchev–Trinajstić information content (AvgIpc) is 3.15. The number of rotatable bonds is 5. The van der Waals surface area contributed by atoms with E-state index < -0.39 is 0 Å². The maximum Gasteiger partial charge on any atom is 0.225 e. The van der Waals surface area contributed by atoms with Crippen molar-refractivity contribution in [2.45, 2.75) is 6.92 Å². The predicted molar refractivity (Wildman–Crippen MR) is 137 cm³/mol. The van der Waals surface area contributed by atoms with Crippen molar-refractivity contribution in [3.05, 3.63) is 82.5 Å². The first kappa shape index (κ1) is 21.1. The van der Waals surface area contributed by atoms with Crippen LogP contribution in [0, 0.1) is 6.92 Å². The van der Waals surface area contributed by atoms with Crippen molar-refractivity contribution >= 4 is 45.0 Å². The van der Waals surface area contributed by atoms with Crippen molar-refractivity contribution in [3.63, 3.8) is 0 Å². The van der Waals surface area contributed by atoms with Crippen molar-refractivity contribution < 1.29 is 0 Å². The summed E-state index contributed by atoms with van der Waals surface area (Å²) < 4.78 is 0. The summed E-state index contributed by atoms with van der Waals surface area (Å²) in [4.78, 5) is 16.3. The third-order valence-corrected chi connectivity index (χ3v) is 7.06.